The Morgan fingerprint density at radius 2 is 0.356 bits per heavy atom. The minimum absolute atomic E-state index is 0. The molecule has 0 saturated carbocycles. The van der Waals surface area contributed by atoms with Crippen LogP contribution in [-0.2, 0) is 218 Å². The van der Waals surface area contributed by atoms with E-state index in [1.165, 1.54) is 27.9 Å². The minimum atomic E-state index is -0.968. The van der Waals surface area contributed by atoms with Crippen LogP contribution < -0.4 is 93.4 Å². The van der Waals surface area contributed by atoms with Crippen molar-refractivity contribution in [3.8, 4) is 0 Å². The van der Waals surface area contributed by atoms with Crippen LogP contribution in [0.3, 0.4) is 0 Å². The van der Waals surface area contributed by atoms with Crippen LogP contribution in [0.5, 0.6) is 0 Å². The second-order valence-electron chi connectivity index (χ2n) is 16.2. The van der Waals surface area contributed by atoms with Gasteiger partial charge in [0.25, 0.3) is 0 Å². The molecule has 0 aromatic rings. The summed E-state index contributed by atoms with van der Waals surface area (Å²) in [4.78, 5) is 154. The van der Waals surface area contributed by atoms with Gasteiger partial charge in [0.15, 0.2) is 11.6 Å². The Balaban J connectivity index is -0.0000000244. The van der Waals surface area contributed by atoms with E-state index in [9.17, 15) is 76.7 Å². The number of carbonyl (C=O) groups is 16. The first kappa shape index (κ1) is 209. The number of allylic oxidation sites excluding steroid dienone is 4. The van der Waals surface area contributed by atoms with E-state index in [1.807, 2.05) is 67.5 Å². The molecule has 0 heterocycles. The Labute approximate surface area is 826 Å². The number of carbonyl (C=O) groups excluding carboxylic acids is 8. The van der Waals surface area contributed by atoms with Crippen LogP contribution >= 0.6 is 113 Å². The van der Waals surface area contributed by atoms with Gasteiger partial charge in [0.2, 0.25) is 0 Å². The quantitative estimate of drug-likeness (QED) is 0.0686. The zero-order valence-electron chi connectivity index (χ0n) is 69.6. The second kappa shape index (κ2) is 234. The summed E-state index contributed by atoms with van der Waals surface area (Å²) in [6.07, 6.45) is 9.75. The third kappa shape index (κ3) is 713. The zero-order valence-corrected chi connectivity index (χ0v) is 96.8. The van der Waals surface area contributed by atoms with Crippen molar-refractivity contribution < 1.29 is 259 Å². The molecule has 760 valence electrons. The number of carboxylic acid groups (broad SMARTS) is 8. The molecule has 40 nitrogen and oxygen atoms in total. The SMILES string of the molecule is CC(=O)C1=CC1.CC(=O)C1=CC1.CC(N)C(=O)O.CC(N)C(=O)O.CCC(C)=O.CCC(C)=O.CCC(C)=O.CCC(C)=O.CCC(C)=O.CCC(C)=O.CCN.CCN.CN.CN.N.N.N.N.NCC(=O)O.NCC(=O)O.NCC(=O)O.NCC(=O)O.NCC(=O)O.NCC(=O)O.[Cl][Pt].[Cl][Pt].[Cl][Pt].[Cl][Pt].[Cl][Pt][Cl].[Cl][Pt][Cl].[Cl][Pt][Cl].[Cl][Pt][Cl]. The molecular weight excluding hydrogens is 3290 g/mol. The van der Waals surface area contributed by atoms with Gasteiger partial charge in [-0.2, -0.15) is 0 Å². The van der Waals surface area contributed by atoms with Gasteiger partial charge < -0.3 is 163 Å². The molecule has 2 aliphatic carbocycles. The number of rotatable bonds is 16. The van der Waals surface area contributed by atoms with E-state index in [2.05, 4.69) is 83.5 Å². The number of Topliss-reactive ketones (excluding diaryl/α,β-unsaturated/α-hetero) is 8. The fourth-order valence-corrected chi connectivity index (χ4v) is 0.677. The number of nitrogens with two attached hydrogens (primary N) is 12. The van der Waals surface area contributed by atoms with Crippen molar-refractivity contribution in [3.63, 3.8) is 0 Å². The van der Waals surface area contributed by atoms with E-state index >= 15 is 0 Å². The molecule has 44 N–H and O–H groups in total. The molecule has 0 saturated heterocycles. The number of carboxylic acids is 8. The van der Waals surface area contributed by atoms with Gasteiger partial charge in [-0.3, -0.25) is 47.9 Å². The molecule has 0 bridgehead atoms. The van der Waals surface area contributed by atoms with Gasteiger partial charge >= 0.3 is 302 Å². The Morgan fingerprint density at radius 1 is 0.305 bits per heavy atom. The fourth-order valence-electron chi connectivity index (χ4n) is 0.677. The summed E-state index contributed by atoms with van der Waals surface area (Å²) in [7, 11) is 60.4. The Morgan fingerprint density at radius 3 is 0.356 bits per heavy atom. The summed E-state index contributed by atoms with van der Waals surface area (Å²) in [5.74, 6) is -5.74. The summed E-state index contributed by atoms with van der Waals surface area (Å²) in [5, 5.41) is 61.3. The first-order valence-electron chi connectivity index (χ1n) is 29.8. The van der Waals surface area contributed by atoms with E-state index < -0.39 is 126 Å². The second-order valence-corrected chi connectivity index (χ2v) is 29.3. The standard InChI is InChI=1S/2C5H6O.6C4H8O.2C3H7NO2.6C2H5NO2.2C2H7N.2CH5N.12ClH.4H3N.8Pt/c2*1-4(6)5-2-3-5;6*1-3-4(2)5;2*1-2(4)3(5)6;6*3-1-2(4)5;2*1-2-3;2*1-2;;;;;;;;;;;;;;;;;;;;;;;;/h2*2H,3H2,1H3;6*3H2,1-2H3;2*2H,4H2,1H3,(H,5,6);6*1,3H2,(H,4,5);2*2-3H2,1H3;2*2H2,1H3;12*1H;4*1H3;;;;;;;;/q;;;;;;;;;;;;;;;;;;;;;;;;;;;;;;;;;;;;4*+1;4*+2/p-12. The maximum absolute atomic E-state index is 10.1. The Bertz CT molecular complexity index is 1750. The number of aliphatic carboxylic acids is 8. The van der Waals surface area contributed by atoms with E-state index in [0.29, 0.717) is 38.5 Å². The van der Waals surface area contributed by atoms with E-state index in [1.54, 1.807) is 130 Å². The van der Waals surface area contributed by atoms with Crippen LogP contribution in [0.15, 0.2) is 23.3 Å². The van der Waals surface area contributed by atoms with Gasteiger partial charge in [0.1, 0.15) is 46.8 Å². The third-order valence-electron chi connectivity index (χ3n) is 6.54. The molecule has 118 heavy (non-hydrogen) atoms. The average Bonchev–Trinajstić information content (AvgIpc) is 1.79. The van der Waals surface area contributed by atoms with E-state index in [4.69, 9.17) is 139 Å². The molecule has 0 amide bonds. The van der Waals surface area contributed by atoms with Gasteiger partial charge in [0.05, 0.1) is 39.3 Å². The van der Waals surface area contributed by atoms with Crippen LogP contribution in [0.4, 0.5) is 0 Å². The number of hydrogen-bond acceptors (Lipinski definition) is 32. The molecular formula is C58H140Cl12N16O24Pt8. The number of ketones is 8. The predicted octanol–water partition coefficient (Wildman–Crippen LogP) is 8.72. The molecule has 2 atom stereocenters. The molecule has 2 unspecified atom stereocenters. The van der Waals surface area contributed by atoms with Crippen molar-refractivity contribution in [1.29, 1.82) is 0 Å². The maximum atomic E-state index is 10.1. The van der Waals surface area contributed by atoms with Crippen LogP contribution in [0.2, 0.25) is 0 Å². The number of halogens is 12. The Hall–Kier alpha value is 0.946. The normalized spacial score (nSPS) is 8.27. The summed E-state index contributed by atoms with van der Waals surface area (Å²) in [6.45, 7) is 30.3. The fraction of sp³-hybridized carbons (Fsp3) is 0.655. The zero-order chi connectivity index (χ0) is 99.1. The summed E-state index contributed by atoms with van der Waals surface area (Å²) in [6, 6.07) is -1.46. The first-order chi connectivity index (χ1) is 52.6. The monoisotopic (exact) mass is 3420 g/mol. The molecule has 0 spiro atoms. The third-order valence-corrected chi connectivity index (χ3v) is 6.54. The van der Waals surface area contributed by atoms with Gasteiger partial charge in [-0.25, -0.2) is 0 Å². The molecule has 2 rings (SSSR count). The van der Waals surface area contributed by atoms with Crippen molar-refractivity contribution in [2.75, 3.05) is 66.5 Å². The van der Waals surface area contributed by atoms with Crippen LogP contribution in [0.1, 0.15) is 176 Å². The van der Waals surface area contributed by atoms with Crippen LogP contribution in [-0.4, -0.2) is 213 Å². The molecule has 0 fully saturated rings. The average molecular weight is 3430 g/mol. The van der Waals surface area contributed by atoms with Gasteiger partial charge in [0, 0.05) is 38.5 Å². The molecule has 0 radical (unpaired) electrons. The molecule has 0 aromatic heterocycles. The van der Waals surface area contributed by atoms with Crippen molar-refractivity contribution in [1.82, 2.24) is 24.6 Å². The van der Waals surface area contributed by atoms with Crippen LogP contribution in [0, 0.1) is 0 Å². The van der Waals surface area contributed by atoms with Gasteiger partial charge in [-0.1, -0.05) is 67.5 Å². The molecule has 2 aliphatic rings. The summed E-state index contributed by atoms with van der Waals surface area (Å²) >= 11 is 4.56. The van der Waals surface area contributed by atoms with E-state index in [0.717, 1.165) is 37.1 Å². The molecule has 0 aromatic carbocycles. The van der Waals surface area contributed by atoms with Crippen molar-refractivity contribution in [2.24, 2.45) is 68.8 Å². The molecule has 0 aliphatic heterocycles. The summed E-state index contributed by atoms with van der Waals surface area (Å²) < 4.78 is 0. The van der Waals surface area contributed by atoms with Gasteiger partial charge in [-0.05, 0) is 120 Å². The topological polar surface area (TPSA) is 887 Å². The van der Waals surface area contributed by atoms with Crippen LogP contribution in [0.25, 0.3) is 0 Å². The van der Waals surface area contributed by atoms with Crippen molar-refractivity contribution in [3.05, 3.63) is 23.3 Å². The number of hydrogen-bond donors (Lipinski definition) is 24. The predicted molar refractivity (Wildman–Crippen MR) is 455 cm³/mol. The summed E-state index contributed by atoms with van der Waals surface area (Å²) in [5.41, 5.74) is 57.8. The van der Waals surface area contributed by atoms with Crippen molar-refractivity contribution in [2.45, 2.75) is 188 Å². The van der Waals surface area contributed by atoms with Gasteiger partial charge in [-0.15, -0.1) is 0 Å². The first-order valence-corrected chi connectivity index (χ1v) is 63.6. The molecule has 60 heteroatoms. The van der Waals surface area contributed by atoms with Crippen molar-refractivity contribution >= 4 is 207 Å². The Kier molecular flexibility index (Phi) is 416. The van der Waals surface area contributed by atoms with E-state index in [-0.39, 0.29) is 110 Å².